The van der Waals surface area contributed by atoms with E-state index in [1.54, 1.807) is 17.8 Å². The number of hydrogen-bond donors (Lipinski definition) is 1. The Kier molecular flexibility index (Phi) is 4.73. The summed E-state index contributed by atoms with van der Waals surface area (Å²) in [6.07, 6.45) is 4.23. The molecular weight excluding hydrogens is 262 g/mol. The van der Waals surface area contributed by atoms with Crippen LogP contribution in [-0.4, -0.2) is 5.75 Å². The molecule has 1 nitrogen and oxygen atoms in total. The number of hydrogen-bond acceptors (Lipinski definition) is 2. The van der Waals surface area contributed by atoms with Gasteiger partial charge in [-0.1, -0.05) is 54.1 Å². The van der Waals surface area contributed by atoms with Crippen LogP contribution in [0.4, 0.5) is 5.69 Å². The Balaban J connectivity index is 1.92. The monoisotopic (exact) mass is 275 g/mol. The Hall–Kier alpha value is -1.38. The van der Waals surface area contributed by atoms with Crippen LogP contribution in [-0.2, 0) is 0 Å². The van der Waals surface area contributed by atoms with E-state index < -0.39 is 0 Å². The normalized spacial score (nSPS) is 10.9. The largest absolute Gasteiger partial charge is 0.398 e. The van der Waals surface area contributed by atoms with Crippen LogP contribution in [0.2, 0.25) is 5.02 Å². The van der Waals surface area contributed by atoms with Crippen molar-refractivity contribution in [1.29, 1.82) is 0 Å². The highest BCUT2D eigenvalue weighted by Gasteiger charge is 1.99. The summed E-state index contributed by atoms with van der Waals surface area (Å²) in [6.45, 7) is 0. The summed E-state index contributed by atoms with van der Waals surface area (Å²) in [4.78, 5) is 1.03. The zero-order valence-corrected chi connectivity index (χ0v) is 11.4. The Morgan fingerprint density at radius 3 is 2.67 bits per heavy atom. The maximum Gasteiger partial charge on any atom is 0.0453 e. The fraction of sp³-hybridized carbons (Fsp3) is 0.0667. The van der Waals surface area contributed by atoms with Crippen molar-refractivity contribution in [1.82, 2.24) is 0 Å². The molecule has 92 valence electrons. The fourth-order valence-electron chi connectivity index (χ4n) is 1.52. The molecule has 3 heteroatoms. The Morgan fingerprint density at radius 1 is 1.11 bits per heavy atom. The molecule has 0 saturated carbocycles. The molecule has 0 bridgehead atoms. The third-order valence-corrected chi connectivity index (χ3v) is 3.68. The van der Waals surface area contributed by atoms with Crippen LogP contribution in [0, 0.1) is 0 Å². The molecular formula is C15H14ClNS. The summed E-state index contributed by atoms with van der Waals surface area (Å²) in [5.74, 6) is 0.874. The van der Waals surface area contributed by atoms with Crippen LogP contribution < -0.4 is 5.73 Å². The van der Waals surface area contributed by atoms with Gasteiger partial charge >= 0.3 is 0 Å². The van der Waals surface area contributed by atoms with Crippen molar-refractivity contribution in [2.45, 2.75) is 4.90 Å². The van der Waals surface area contributed by atoms with E-state index in [0.717, 1.165) is 21.4 Å². The summed E-state index contributed by atoms with van der Waals surface area (Å²) >= 11 is 7.62. The minimum absolute atomic E-state index is 0.721. The number of rotatable bonds is 4. The van der Waals surface area contributed by atoms with Crippen LogP contribution in [0.5, 0.6) is 0 Å². The first-order valence-corrected chi connectivity index (χ1v) is 7.01. The van der Waals surface area contributed by atoms with Crippen molar-refractivity contribution < 1.29 is 0 Å². The second-order valence-electron chi connectivity index (χ2n) is 3.81. The predicted octanol–water partition coefficient (Wildman–Crippen LogP) is 4.73. The quantitative estimate of drug-likeness (QED) is 0.645. The van der Waals surface area contributed by atoms with Crippen LogP contribution in [0.25, 0.3) is 6.08 Å². The summed E-state index contributed by atoms with van der Waals surface area (Å²) in [6, 6.07) is 15.8. The maximum atomic E-state index is 5.94. The minimum atomic E-state index is 0.721. The zero-order chi connectivity index (χ0) is 12.8. The number of nitrogen functional groups attached to an aromatic ring is 1. The van der Waals surface area contributed by atoms with E-state index in [2.05, 4.69) is 24.3 Å². The summed E-state index contributed by atoms with van der Waals surface area (Å²) in [7, 11) is 0. The molecule has 2 rings (SSSR count). The van der Waals surface area contributed by atoms with Gasteiger partial charge in [-0.15, -0.1) is 11.8 Å². The molecule has 2 aromatic carbocycles. The Morgan fingerprint density at radius 2 is 1.89 bits per heavy atom. The van der Waals surface area contributed by atoms with Gasteiger partial charge in [-0.3, -0.25) is 0 Å². The molecule has 0 atom stereocenters. The van der Waals surface area contributed by atoms with Gasteiger partial charge in [-0.25, -0.2) is 0 Å². The standard InChI is InChI=1S/C15H14ClNS/c16-13-8-9-14(17)15(11-13)18-10-4-7-12-5-2-1-3-6-12/h1-9,11H,10,17H2. The first-order chi connectivity index (χ1) is 8.75. The SMILES string of the molecule is Nc1ccc(Cl)cc1SCC=Cc1ccccc1. The number of halogens is 1. The van der Waals surface area contributed by atoms with Gasteiger partial charge in [0, 0.05) is 21.4 Å². The molecule has 0 amide bonds. The molecule has 0 aromatic heterocycles. The van der Waals surface area contributed by atoms with E-state index in [9.17, 15) is 0 Å². The first kappa shape index (κ1) is 13.1. The van der Waals surface area contributed by atoms with Crippen molar-refractivity contribution in [3.63, 3.8) is 0 Å². The third kappa shape index (κ3) is 3.83. The first-order valence-electron chi connectivity index (χ1n) is 5.65. The van der Waals surface area contributed by atoms with Gasteiger partial charge in [-0.05, 0) is 23.8 Å². The lowest BCUT2D eigenvalue weighted by Crippen LogP contribution is -1.88. The number of nitrogens with two attached hydrogens (primary N) is 1. The molecule has 0 aliphatic carbocycles. The molecule has 0 aliphatic rings. The van der Waals surface area contributed by atoms with Gasteiger partial charge in [0.2, 0.25) is 0 Å². The van der Waals surface area contributed by atoms with Gasteiger partial charge in [0.05, 0.1) is 0 Å². The molecule has 18 heavy (non-hydrogen) atoms. The lowest BCUT2D eigenvalue weighted by Gasteiger charge is -2.03. The van der Waals surface area contributed by atoms with Crippen LogP contribution in [0.15, 0.2) is 59.5 Å². The van der Waals surface area contributed by atoms with E-state index in [1.807, 2.05) is 30.3 Å². The second kappa shape index (κ2) is 6.53. The van der Waals surface area contributed by atoms with E-state index in [4.69, 9.17) is 17.3 Å². The maximum absolute atomic E-state index is 5.94. The van der Waals surface area contributed by atoms with Crippen molar-refractivity contribution in [3.8, 4) is 0 Å². The highest BCUT2D eigenvalue weighted by atomic mass is 35.5. The molecule has 0 aliphatic heterocycles. The molecule has 0 heterocycles. The van der Waals surface area contributed by atoms with Crippen LogP contribution in [0.1, 0.15) is 5.56 Å². The molecule has 2 N–H and O–H groups in total. The lowest BCUT2D eigenvalue weighted by molar-refractivity contribution is 1.46. The predicted molar refractivity (Wildman–Crippen MR) is 82.1 cm³/mol. The van der Waals surface area contributed by atoms with Crippen LogP contribution in [0.3, 0.4) is 0 Å². The van der Waals surface area contributed by atoms with E-state index in [-0.39, 0.29) is 0 Å². The summed E-state index contributed by atoms with van der Waals surface area (Å²) in [5.41, 5.74) is 7.86. The molecule has 0 fully saturated rings. The highest BCUT2D eigenvalue weighted by Crippen LogP contribution is 2.28. The average molecular weight is 276 g/mol. The van der Waals surface area contributed by atoms with Crippen molar-refractivity contribution in [3.05, 3.63) is 65.2 Å². The fourth-order valence-corrected chi connectivity index (χ4v) is 2.57. The topological polar surface area (TPSA) is 26.0 Å². The second-order valence-corrected chi connectivity index (χ2v) is 5.30. The highest BCUT2D eigenvalue weighted by molar-refractivity contribution is 7.99. The minimum Gasteiger partial charge on any atom is -0.398 e. The summed E-state index contributed by atoms with van der Waals surface area (Å²) in [5, 5.41) is 0.721. The van der Waals surface area contributed by atoms with E-state index in [1.165, 1.54) is 5.56 Å². The van der Waals surface area contributed by atoms with Gasteiger partial charge in [-0.2, -0.15) is 0 Å². The number of anilines is 1. The molecule has 0 radical (unpaired) electrons. The van der Waals surface area contributed by atoms with Gasteiger partial charge in [0.15, 0.2) is 0 Å². The number of benzene rings is 2. The Labute approximate surface area is 117 Å². The van der Waals surface area contributed by atoms with Crippen LogP contribution >= 0.6 is 23.4 Å². The zero-order valence-electron chi connectivity index (χ0n) is 9.84. The molecule has 0 unspecified atom stereocenters. The van der Waals surface area contributed by atoms with Gasteiger partial charge in [0.1, 0.15) is 0 Å². The third-order valence-electron chi connectivity index (χ3n) is 2.42. The summed E-state index contributed by atoms with van der Waals surface area (Å²) < 4.78 is 0. The molecule has 2 aromatic rings. The lowest BCUT2D eigenvalue weighted by atomic mass is 10.2. The molecule has 0 spiro atoms. The van der Waals surface area contributed by atoms with Crippen molar-refractivity contribution in [2.75, 3.05) is 11.5 Å². The number of thioether (sulfide) groups is 1. The van der Waals surface area contributed by atoms with Crippen molar-refractivity contribution >= 4 is 35.1 Å². The van der Waals surface area contributed by atoms with Crippen molar-refractivity contribution in [2.24, 2.45) is 0 Å². The molecule has 0 saturated heterocycles. The smallest absolute Gasteiger partial charge is 0.0453 e. The van der Waals surface area contributed by atoms with Gasteiger partial charge in [0.25, 0.3) is 0 Å². The Bertz CT molecular complexity index is 537. The van der Waals surface area contributed by atoms with E-state index in [0.29, 0.717) is 0 Å². The average Bonchev–Trinajstić information content (AvgIpc) is 2.40. The van der Waals surface area contributed by atoms with Gasteiger partial charge < -0.3 is 5.73 Å². The van der Waals surface area contributed by atoms with E-state index >= 15 is 0 Å².